The summed E-state index contributed by atoms with van der Waals surface area (Å²) in [6.07, 6.45) is 0.139. The fraction of sp³-hybridized carbons (Fsp3) is 1.00. The predicted molar refractivity (Wildman–Crippen MR) is 58.2 cm³/mol. The number of hydrogen-bond acceptors (Lipinski definition) is 4. The van der Waals surface area contributed by atoms with Crippen LogP contribution in [0, 0.1) is 0 Å². The van der Waals surface area contributed by atoms with E-state index >= 15 is 0 Å². The second kappa shape index (κ2) is 7.17. The van der Waals surface area contributed by atoms with E-state index in [9.17, 15) is 0 Å². The Balaban J connectivity index is 3.48. The summed E-state index contributed by atoms with van der Waals surface area (Å²) >= 11 is 0. The Hall–Kier alpha value is -0.160. The summed E-state index contributed by atoms with van der Waals surface area (Å²) in [5.41, 5.74) is 0. The van der Waals surface area contributed by atoms with Crippen LogP contribution < -0.4 is 0 Å². The predicted octanol–water partition coefficient (Wildman–Crippen LogP) is 0.835. The van der Waals surface area contributed by atoms with Crippen LogP contribution in [0.25, 0.3) is 0 Å². The summed E-state index contributed by atoms with van der Waals surface area (Å²) in [6, 6.07) is 0.441. The summed E-state index contributed by atoms with van der Waals surface area (Å²) in [5.74, 6) is 0. The molecule has 0 aliphatic heterocycles. The standard InChI is InChI=1S/C10H24N2O2/c1-9(11(3)4)7-13-10(2)8-14-12(5)6/h9-10H,7-8H2,1-6H3. The minimum absolute atomic E-state index is 0.139. The van der Waals surface area contributed by atoms with Crippen molar-refractivity contribution in [1.82, 2.24) is 9.96 Å². The van der Waals surface area contributed by atoms with E-state index in [2.05, 4.69) is 25.9 Å². The summed E-state index contributed by atoms with van der Waals surface area (Å²) < 4.78 is 5.62. The van der Waals surface area contributed by atoms with E-state index in [0.717, 1.165) is 6.61 Å². The van der Waals surface area contributed by atoms with Crippen molar-refractivity contribution >= 4 is 0 Å². The maximum absolute atomic E-state index is 5.62. The van der Waals surface area contributed by atoms with Gasteiger partial charge in [-0.3, -0.25) is 4.84 Å². The first-order valence-electron chi connectivity index (χ1n) is 5.01. The fourth-order valence-electron chi connectivity index (χ4n) is 0.755. The van der Waals surface area contributed by atoms with Gasteiger partial charge in [-0.1, -0.05) is 0 Å². The molecular weight excluding hydrogens is 180 g/mol. The Morgan fingerprint density at radius 2 is 1.57 bits per heavy atom. The molecule has 4 heteroatoms. The van der Waals surface area contributed by atoms with Gasteiger partial charge in [0, 0.05) is 20.1 Å². The molecule has 0 aromatic rings. The van der Waals surface area contributed by atoms with E-state index in [1.54, 1.807) is 5.06 Å². The van der Waals surface area contributed by atoms with Crippen LogP contribution in [0.1, 0.15) is 13.8 Å². The average molecular weight is 204 g/mol. The largest absolute Gasteiger partial charge is 0.374 e. The van der Waals surface area contributed by atoms with Gasteiger partial charge < -0.3 is 9.64 Å². The third kappa shape index (κ3) is 7.26. The van der Waals surface area contributed by atoms with Crippen LogP contribution in [0.5, 0.6) is 0 Å². The van der Waals surface area contributed by atoms with Crippen molar-refractivity contribution in [2.24, 2.45) is 0 Å². The lowest BCUT2D eigenvalue weighted by atomic mass is 10.3. The first kappa shape index (κ1) is 13.8. The summed E-state index contributed by atoms with van der Waals surface area (Å²) in [5, 5.41) is 1.69. The molecule has 4 nitrogen and oxygen atoms in total. The number of rotatable bonds is 7. The second-order valence-corrected chi connectivity index (χ2v) is 4.06. The molecule has 0 rings (SSSR count). The number of likely N-dealkylation sites (N-methyl/N-ethyl adjacent to an activating group) is 1. The second-order valence-electron chi connectivity index (χ2n) is 4.06. The van der Waals surface area contributed by atoms with E-state index < -0.39 is 0 Å². The lowest BCUT2D eigenvalue weighted by Crippen LogP contribution is -2.32. The lowest BCUT2D eigenvalue weighted by molar-refractivity contribution is -0.152. The molecule has 0 aliphatic rings. The molecule has 0 saturated heterocycles. The van der Waals surface area contributed by atoms with Gasteiger partial charge in [0.2, 0.25) is 0 Å². The number of hydrogen-bond donors (Lipinski definition) is 0. The molecule has 0 spiro atoms. The molecule has 2 atom stereocenters. The normalized spacial score (nSPS) is 16.3. The van der Waals surface area contributed by atoms with Gasteiger partial charge in [0.15, 0.2) is 0 Å². The van der Waals surface area contributed by atoms with Crippen molar-refractivity contribution in [2.45, 2.75) is 26.0 Å². The number of ether oxygens (including phenoxy) is 1. The van der Waals surface area contributed by atoms with Gasteiger partial charge in [0.05, 0.1) is 19.3 Å². The first-order valence-corrected chi connectivity index (χ1v) is 5.01. The number of hydroxylamine groups is 2. The van der Waals surface area contributed by atoms with E-state index in [1.807, 2.05) is 21.0 Å². The molecule has 0 fully saturated rings. The van der Waals surface area contributed by atoms with Gasteiger partial charge in [0.25, 0.3) is 0 Å². The quantitative estimate of drug-likeness (QED) is 0.574. The van der Waals surface area contributed by atoms with Crippen LogP contribution >= 0.6 is 0 Å². The minimum Gasteiger partial charge on any atom is -0.374 e. The molecular formula is C10H24N2O2. The molecule has 0 aromatic heterocycles. The van der Waals surface area contributed by atoms with Crippen LogP contribution in [0.4, 0.5) is 0 Å². The monoisotopic (exact) mass is 204 g/mol. The minimum atomic E-state index is 0.139. The van der Waals surface area contributed by atoms with Crippen LogP contribution in [0.3, 0.4) is 0 Å². The maximum atomic E-state index is 5.62. The highest BCUT2D eigenvalue weighted by atomic mass is 16.7. The Bertz CT molecular complexity index is 140. The highest BCUT2D eigenvalue weighted by Crippen LogP contribution is 1.98. The van der Waals surface area contributed by atoms with E-state index in [0.29, 0.717) is 12.6 Å². The Labute approximate surface area is 87.7 Å². The smallest absolute Gasteiger partial charge is 0.0944 e. The Kier molecular flexibility index (Phi) is 7.09. The Morgan fingerprint density at radius 3 is 2.00 bits per heavy atom. The van der Waals surface area contributed by atoms with E-state index in [-0.39, 0.29) is 6.10 Å². The molecule has 0 heterocycles. The van der Waals surface area contributed by atoms with Gasteiger partial charge in [-0.15, -0.1) is 0 Å². The van der Waals surface area contributed by atoms with Crippen LogP contribution in [-0.4, -0.2) is 63.5 Å². The van der Waals surface area contributed by atoms with Gasteiger partial charge in [-0.2, -0.15) is 5.06 Å². The molecule has 0 N–H and O–H groups in total. The van der Waals surface area contributed by atoms with Crippen molar-refractivity contribution < 1.29 is 9.57 Å². The SMILES string of the molecule is CC(CON(C)C)OCC(C)N(C)C. The van der Waals surface area contributed by atoms with Gasteiger partial charge in [-0.25, -0.2) is 0 Å². The molecule has 2 unspecified atom stereocenters. The summed E-state index contributed by atoms with van der Waals surface area (Å²) in [7, 11) is 7.84. The maximum Gasteiger partial charge on any atom is 0.0944 e. The highest BCUT2D eigenvalue weighted by molar-refractivity contribution is 4.58. The van der Waals surface area contributed by atoms with Crippen molar-refractivity contribution in [1.29, 1.82) is 0 Å². The van der Waals surface area contributed by atoms with Gasteiger partial charge >= 0.3 is 0 Å². The first-order chi connectivity index (χ1) is 6.43. The molecule has 0 aliphatic carbocycles. The molecule has 0 aromatic carbocycles. The topological polar surface area (TPSA) is 24.9 Å². The van der Waals surface area contributed by atoms with E-state index in [4.69, 9.17) is 9.57 Å². The molecule has 86 valence electrons. The summed E-state index contributed by atoms with van der Waals surface area (Å²) in [6.45, 7) is 5.50. The lowest BCUT2D eigenvalue weighted by Gasteiger charge is -2.22. The van der Waals surface area contributed by atoms with Gasteiger partial charge in [-0.05, 0) is 27.9 Å². The third-order valence-electron chi connectivity index (χ3n) is 2.07. The molecule has 14 heavy (non-hydrogen) atoms. The molecule has 0 amide bonds. The van der Waals surface area contributed by atoms with E-state index in [1.165, 1.54) is 0 Å². The van der Waals surface area contributed by atoms with Crippen LogP contribution in [-0.2, 0) is 9.57 Å². The van der Waals surface area contributed by atoms with Crippen molar-refractivity contribution in [3.8, 4) is 0 Å². The van der Waals surface area contributed by atoms with Crippen molar-refractivity contribution in [2.75, 3.05) is 41.4 Å². The average Bonchev–Trinajstić information content (AvgIpc) is 2.10. The number of nitrogens with zero attached hydrogens (tertiary/aromatic N) is 2. The zero-order valence-corrected chi connectivity index (χ0v) is 10.3. The fourth-order valence-corrected chi connectivity index (χ4v) is 0.755. The van der Waals surface area contributed by atoms with Gasteiger partial charge in [0.1, 0.15) is 0 Å². The summed E-state index contributed by atoms with van der Waals surface area (Å²) in [4.78, 5) is 7.43. The molecule has 0 bridgehead atoms. The van der Waals surface area contributed by atoms with Crippen molar-refractivity contribution in [3.63, 3.8) is 0 Å². The third-order valence-corrected chi connectivity index (χ3v) is 2.07. The van der Waals surface area contributed by atoms with Crippen molar-refractivity contribution in [3.05, 3.63) is 0 Å². The zero-order valence-electron chi connectivity index (χ0n) is 10.3. The molecule has 0 saturated carbocycles. The van der Waals surface area contributed by atoms with Crippen LogP contribution in [0.2, 0.25) is 0 Å². The van der Waals surface area contributed by atoms with Crippen LogP contribution in [0.15, 0.2) is 0 Å². The molecule has 0 radical (unpaired) electrons. The highest BCUT2D eigenvalue weighted by Gasteiger charge is 2.08. The zero-order chi connectivity index (χ0) is 11.1. The Morgan fingerprint density at radius 1 is 1.00 bits per heavy atom.